The van der Waals surface area contributed by atoms with Crippen molar-refractivity contribution in [1.82, 2.24) is 0 Å². The first kappa shape index (κ1) is 9.40. The highest BCUT2D eigenvalue weighted by Crippen LogP contribution is 2.00. The van der Waals surface area contributed by atoms with Gasteiger partial charge in [-0.1, -0.05) is 18.2 Å². The topological polar surface area (TPSA) is 29.5 Å². The molecule has 0 aliphatic rings. The van der Waals surface area contributed by atoms with Crippen LogP contribution in [0.25, 0.3) is 0 Å². The summed E-state index contributed by atoms with van der Waals surface area (Å²) in [6.07, 6.45) is 4.14. The van der Waals surface area contributed by atoms with E-state index < -0.39 is 6.10 Å². The first-order chi connectivity index (χ1) is 4.76. The van der Waals surface area contributed by atoms with Gasteiger partial charge in [0.05, 0.1) is 0 Å². The van der Waals surface area contributed by atoms with Crippen LogP contribution in [0.2, 0.25) is 0 Å². The minimum atomic E-state index is -0.576. The van der Waals surface area contributed by atoms with Gasteiger partial charge in [0.15, 0.2) is 0 Å². The minimum Gasteiger partial charge on any atom is -0.386 e. The molecule has 2 nitrogen and oxygen atoms in total. The molecule has 0 spiro atoms. The van der Waals surface area contributed by atoms with Crippen LogP contribution in [0.5, 0.6) is 0 Å². The predicted octanol–water partition coefficient (Wildman–Crippen LogP) is 1.12. The lowest BCUT2D eigenvalue weighted by Crippen LogP contribution is -2.23. The Hall–Kier alpha value is -0.600. The van der Waals surface area contributed by atoms with Gasteiger partial charge < -0.3 is 9.84 Å². The number of ether oxygens (including phenoxy) is 1. The van der Waals surface area contributed by atoms with E-state index in [9.17, 15) is 5.11 Å². The van der Waals surface area contributed by atoms with Gasteiger partial charge in [0.2, 0.25) is 0 Å². The van der Waals surface area contributed by atoms with Crippen LogP contribution in [0.4, 0.5) is 0 Å². The van der Waals surface area contributed by atoms with Crippen LogP contribution in [0.1, 0.15) is 6.92 Å². The summed E-state index contributed by atoms with van der Waals surface area (Å²) in [5, 5.41) is 9.23. The van der Waals surface area contributed by atoms with E-state index in [1.54, 1.807) is 25.3 Å². The highest BCUT2D eigenvalue weighted by molar-refractivity contribution is 4.97. The van der Waals surface area contributed by atoms with Crippen molar-refractivity contribution in [2.45, 2.75) is 19.1 Å². The monoisotopic (exact) mass is 142 g/mol. The van der Waals surface area contributed by atoms with E-state index in [-0.39, 0.29) is 6.10 Å². The molecule has 0 saturated heterocycles. The summed E-state index contributed by atoms with van der Waals surface area (Å²) in [6, 6.07) is 0. The van der Waals surface area contributed by atoms with Crippen molar-refractivity contribution in [1.29, 1.82) is 0 Å². The Balaban J connectivity index is 3.87. The van der Waals surface area contributed by atoms with E-state index in [1.807, 2.05) is 6.92 Å². The van der Waals surface area contributed by atoms with E-state index in [0.29, 0.717) is 0 Å². The van der Waals surface area contributed by atoms with E-state index in [1.165, 1.54) is 0 Å². The second-order valence-electron chi connectivity index (χ2n) is 1.95. The van der Waals surface area contributed by atoms with Gasteiger partial charge in [0.25, 0.3) is 0 Å². The second kappa shape index (κ2) is 5.21. The van der Waals surface area contributed by atoms with Gasteiger partial charge >= 0.3 is 0 Å². The first-order valence-corrected chi connectivity index (χ1v) is 3.22. The Kier molecular flexibility index (Phi) is 4.89. The molecular formula is C8H14O2. The van der Waals surface area contributed by atoms with E-state index in [2.05, 4.69) is 6.58 Å². The summed E-state index contributed by atoms with van der Waals surface area (Å²) in [7, 11) is 1.54. The molecule has 2 atom stereocenters. The average Bonchev–Trinajstić information content (AvgIpc) is 1.91. The Morgan fingerprint density at radius 1 is 1.60 bits per heavy atom. The third kappa shape index (κ3) is 2.80. The van der Waals surface area contributed by atoms with Crippen molar-refractivity contribution in [2.24, 2.45) is 0 Å². The maximum atomic E-state index is 9.23. The number of hydrogen-bond acceptors (Lipinski definition) is 2. The molecule has 0 amide bonds. The molecule has 58 valence electrons. The number of rotatable bonds is 4. The molecule has 0 aromatic carbocycles. The van der Waals surface area contributed by atoms with Gasteiger partial charge in [-0.3, -0.25) is 0 Å². The average molecular weight is 142 g/mol. The summed E-state index contributed by atoms with van der Waals surface area (Å²) >= 11 is 0. The molecule has 0 radical (unpaired) electrons. The van der Waals surface area contributed by atoms with E-state index in [0.717, 1.165) is 0 Å². The van der Waals surface area contributed by atoms with Crippen molar-refractivity contribution in [3.63, 3.8) is 0 Å². The SMILES string of the molecule is C=CC(OC)[C@H](O)/C=C\C. The Bertz CT molecular complexity index is 118. The summed E-state index contributed by atoms with van der Waals surface area (Å²) in [6.45, 7) is 5.36. The van der Waals surface area contributed by atoms with E-state index in [4.69, 9.17) is 4.74 Å². The van der Waals surface area contributed by atoms with Gasteiger partial charge in [0, 0.05) is 7.11 Å². The normalized spacial score (nSPS) is 17.1. The maximum Gasteiger partial charge on any atom is 0.104 e. The van der Waals surface area contributed by atoms with Crippen molar-refractivity contribution >= 4 is 0 Å². The highest BCUT2D eigenvalue weighted by Gasteiger charge is 2.09. The number of aliphatic hydroxyl groups excluding tert-OH is 1. The Morgan fingerprint density at radius 2 is 2.20 bits per heavy atom. The van der Waals surface area contributed by atoms with Gasteiger partial charge in [-0.15, -0.1) is 6.58 Å². The largest absolute Gasteiger partial charge is 0.386 e. The smallest absolute Gasteiger partial charge is 0.104 e. The molecule has 0 bridgehead atoms. The van der Waals surface area contributed by atoms with Gasteiger partial charge in [-0.25, -0.2) is 0 Å². The van der Waals surface area contributed by atoms with Crippen LogP contribution in [-0.2, 0) is 4.74 Å². The molecule has 10 heavy (non-hydrogen) atoms. The molecule has 0 heterocycles. The molecule has 0 rings (SSSR count). The third-order valence-corrected chi connectivity index (χ3v) is 1.23. The van der Waals surface area contributed by atoms with Crippen LogP contribution in [0.15, 0.2) is 24.8 Å². The van der Waals surface area contributed by atoms with E-state index >= 15 is 0 Å². The second-order valence-corrected chi connectivity index (χ2v) is 1.95. The number of hydrogen-bond donors (Lipinski definition) is 1. The van der Waals surface area contributed by atoms with Crippen molar-refractivity contribution in [3.8, 4) is 0 Å². The van der Waals surface area contributed by atoms with Crippen LogP contribution >= 0.6 is 0 Å². The molecule has 0 saturated carbocycles. The third-order valence-electron chi connectivity index (χ3n) is 1.23. The quantitative estimate of drug-likeness (QED) is 0.596. The van der Waals surface area contributed by atoms with Crippen LogP contribution in [0.3, 0.4) is 0 Å². The standard InChI is InChI=1S/C8H14O2/c1-4-6-7(9)8(5-2)10-3/h4-9H,2H2,1,3H3/b6-4-/t7-,8?/m1/s1. The summed E-state index contributed by atoms with van der Waals surface area (Å²) in [4.78, 5) is 0. The fourth-order valence-corrected chi connectivity index (χ4v) is 0.682. The summed E-state index contributed by atoms with van der Waals surface area (Å²) in [5.74, 6) is 0. The molecule has 1 N–H and O–H groups in total. The fraction of sp³-hybridized carbons (Fsp3) is 0.500. The summed E-state index contributed by atoms with van der Waals surface area (Å²) in [5.41, 5.74) is 0. The predicted molar refractivity (Wildman–Crippen MR) is 41.8 cm³/mol. The lowest BCUT2D eigenvalue weighted by Gasteiger charge is -2.13. The molecular weight excluding hydrogens is 128 g/mol. The maximum absolute atomic E-state index is 9.23. The zero-order valence-electron chi connectivity index (χ0n) is 6.45. The number of allylic oxidation sites excluding steroid dienone is 1. The minimum absolute atomic E-state index is 0.295. The van der Waals surface area contributed by atoms with Gasteiger partial charge in [-0.2, -0.15) is 0 Å². The Morgan fingerprint density at radius 3 is 2.50 bits per heavy atom. The summed E-state index contributed by atoms with van der Waals surface area (Å²) < 4.78 is 4.89. The first-order valence-electron chi connectivity index (χ1n) is 3.22. The Labute approximate surface area is 61.8 Å². The van der Waals surface area contributed by atoms with Crippen LogP contribution in [-0.4, -0.2) is 24.4 Å². The lowest BCUT2D eigenvalue weighted by atomic mass is 10.2. The molecule has 0 aromatic rings. The molecule has 0 aliphatic carbocycles. The molecule has 0 fully saturated rings. The van der Waals surface area contributed by atoms with Gasteiger partial charge in [0.1, 0.15) is 12.2 Å². The highest BCUT2D eigenvalue weighted by atomic mass is 16.5. The number of methoxy groups -OCH3 is 1. The zero-order chi connectivity index (χ0) is 7.98. The van der Waals surface area contributed by atoms with Crippen molar-refractivity contribution < 1.29 is 9.84 Å². The fourth-order valence-electron chi connectivity index (χ4n) is 0.682. The van der Waals surface area contributed by atoms with Crippen LogP contribution in [0, 0.1) is 0 Å². The zero-order valence-corrected chi connectivity index (χ0v) is 6.45. The van der Waals surface area contributed by atoms with Gasteiger partial charge in [-0.05, 0) is 6.92 Å². The van der Waals surface area contributed by atoms with Crippen molar-refractivity contribution in [2.75, 3.05) is 7.11 Å². The number of aliphatic hydroxyl groups is 1. The molecule has 0 aliphatic heterocycles. The lowest BCUT2D eigenvalue weighted by molar-refractivity contribution is 0.0430. The van der Waals surface area contributed by atoms with Crippen molar-refractivity contribution in [3.05, 3.63) is 24.8 Å². The molecule has 0 aromatic heterocycles. The van der Waals surface area contributed by atoms with Crippen LogP contribution < -0.4 is 0 Å². The molecule has 1 unspecified atom stereocenters. The molecule has 2 heteroatoms.